The molecule has 4 nitrogen and oxygen atoms in total. The van der Waals surface area contributed by atoms with Crippen molar-refractivity contribution in [3.8, 4) is 0 Å². The zero-order valence-corrected chi connectivity index (χ0v) is 13.0. The Hall–Kier alpha value is -0.880. The summed E-state index contributed by atoms with van der Waals surface area (Å²) >= 11 is 8.06. The standard InChI is InChI=1S/C13H19ClN4S/c1-4-18-11(12(14)9(3)17-18)7-10(16-15)13-8(2)5-6-19-13/h5-6,10,16H,4,7,15H2,1-3H3. The summed E-state index contributed by atoms with van der Waals surface area (Å²) in [5.41, 5.74) is 6.06. The Kier molecular flexibility index (Phi) is 4.62. The molecule has 104 valence electrons. The van der Waals surface area contributed by atoms with Gasteiger partial charge in [0.15, 0.2) is 0 Å². The number of hydrogen-bond donors (Lipinski definition) is 2. The Morgan fingerprint density at radius 2 is 2.26 bits per heavy atom. The van der Waals surface area contributed by atoms with Crippen molar-refractivity contribution in [2.75, 3.05) is 0 Å². The fourth-order valence-electron chi connectivity index (χ4n) is 2.23. The maximum absolute atomic E-state index is 6.35. The molecule has 0 aliphatic heterocycles. The van der Waals surface area contributed by atoms with Gasteiger partial charge in [0.2, 0.25) is 0 Å². The van der Waals surface area contributed by atoms with Crippen LogP contribution >= 0.6 is 22.9 Å². The molecule has 19 heavy (non-hydrogen) atoms. The first-order valence-electron chi connectivity index (χ1n) is 6.30. The van der Waals surface area contributed by atoms with Crippen LogP contribution in [0.25, 0.3) is 0 Å². The van der Waals surface area contributed by atoms with E-state index < -0.39 is 0 Å². The van der Waals surface area contributed by atoms with Gasteiger partial charge in [-0.2, -0.15) is 5.10 Å². The van der Waals surface area contributed by atoms with E-state index in [1.54, 1.807) is 11.3 Å². The Labute approximate surface area is 122 Å². The van der Waals surface area contributed by atoms with Crippen molar-refractivity contribution in [3.05, 3.63) is 38.3 Å². The molecule has 0 aromatic carbocycles. The van der Waals surface area contributed by atoms with Crippen molar-refractivity contribution in [2.45, 2.75) is 39.8 Å². The molecule has 1 unspecified atom stereocenters. The number of hydrazine groups is 1. The van der Waals surface area contributed by atoms with Crippen LogP contribution in [0.4, 0.5) is 0 Å². The zero-order valence-electron chi connectivity index (χ0n) is 11.4. The predicted octanol–water partition coefficient (Wildman–Crippen LogP) is 2.98. The predicted molar refractivity (Wildman–Crippen MR) is 80.5 cm³/mol. The second kappa shape index (κ2) is 6.05. The molecule has 2 aromatic heterocycles. The van der Waals surface area contributed by atoms with E-state index >= 15 is 0 Å². The molecule has 0 saturated carbocycles. The molecule has 0 fully saturated rings. The summed E-state index contributed by atoms with van der Waals surface area (Å²) in [6.45, 7) is 6.90. The first kappa shape index (κ1) is 14.5. The highest BCUT2D eigenvalue weighted by atomic mass is 35.5. The fraction of sp³-hybridized carbons (Fsp3) is 0.462. The van der Waals surface area contributed by atoms with E-state index in [-0.39, 0.29) is 6.04 Å². The quantitative estimate of drug-likeness (QED) is 0.659. The van der Waals surface area contributed by atoms with Gasteiger partial charge in [-0.3, -0.25) is 16.0 Å². The lowest BCUT2D eigenvalue weighted by atomic mass is 10.1. The van der Waals surface area contributed by atoms with Crippen LogP contribution in [0.1, 0.15) is 34.8 Å². The van der Waals surface area contributed by atoms with Gasteiger partial charge < -0.3 is 0 Å². The molecule has 1 atom stereocenters. The smallest absolute Gasteiger partial charge is 0.0847 e. The van der Waals surface area contributed by atoms with Crippen molar-refractivity contribution in [1.29, 1.82) is 0 Å². The minimum absolute atomic E-state index is 0.0684. The number of hydrogen-bond acceptors (Lipinski definition) is 4. The minimum Gasteiger partial charge on any atom is -0.271 e. The zero-order chi connectivity index (χ0) is 14.0. The molecule has 0 radical (unpaired) electrons. The molecule has 0 aliphatic rings. The number of rotatable bonds is 5. The van der Waals surface area contributed by atoms with Crippen molar-refractivity contribution < 1.29 is 0 Å². The Morgan fingerprint density at radius 1 is 1.53 bits per heavy atom. The van der Waals surface area contributed by atoms with Gasteiger partial charge in [-0.25, -0.2) is 0 Å². The van der Waals surface area contributed by atoms with Gasteiger partial charge in [-0.1, -0.05) is 11.6 Å². The van der Waals surface area contributed by atoms with E-state index in [2.05, 4.69) is 35.8 Å². The number of halogens is 1. The molecule has 0 amide bonds. The lowest BCUT2D eigenvalue weighted by molar-refractivity contribution is 0.521. The van der Waals surface area contributed by atoms with Gasteiger partial charge in [-0.05, 0) is 37.8 Å². The molecule has 2 heterocycles. The Morgan fingerprint density at radius 3 is 2.79 bits per heavy atom. The second-order valence-corrected chi connectivity index (χ2v) is 5.88. The summed E-state index contributed by atoms with van der Waals surface area (Å²) in [4.78, 5) is 1.25. The summed E-state index contributed by atoms with van der Waals surface area (Å²) < 4.78 is 1.95. The minimum atomic E-state index is 0.0684. The SMILES string of the molecule is CCn1nc(C)c(Cl)c1CC(NN)c1sccc1C. The first-order chi connectivity index (χ1) is 9.08. The monoisotopic (exact) mass is 298 g/mol. The van der Waals surface area contributed by atoms with E-state index in [1.807, 2.05) is 11.6 Å². The maximum Gasteiger partial charge on any atom is 0.0847 e. The number of aryl methyl sites for hydroxylation is 3. The third kappa shape index (κ3) is 2.84. The molecule has 0 saturated heterocycles. The summed E-state index contributed by atoms with van der Waals surface area (Å²) in [5.74, 6) is 5.71. The topological polar surface area (TPSA) is 55.9 Å². The number of thiophene rings is 1. The van der Waals surface area contributed by atoms with E-state index in [9.17, 15) is 0 Å². The largest absolute Gasteiger partial charge is 0.271 e. The van der Waals surface area contributed by atoms with E-state index in [0.29, 0.717) is 0 Å². The highest BCUT2D eigenvalue weighted by Crippen LogP contribution is 2.29. The van der Waals surface area contributed by atoms with Gasteiger partial charge >= 0.3 is 0 Å². The van der Waals surface area contributed by atoms with Crippen LogP contribution in [-0.4, -0.2) is 9.78 Å². The third-order valence-electron chi connectivity index (χ3n) is 3.27. The van der Waals surface area contributed by atoms with Crippen LogP contribution in [-0.2, 0) is 13.0 Å². The summed E-state index contributed by atoms with van der Waals surface area (Å²) in [5, 5.41) is 7.27. The second-order valence-electron chi connectivity index (χ2n) is 4.55. The average molecular weight is 299 g/mol. The third-order valence-corrected chi connectivity index (χ3v) is 4.89. The maximum atomic E-state index is 6.35. The molecule has 2 rings (SSSR count). The van der Waals surface area contributed by atoms with E-state index in [0.717, 1.165) is 29.4 Å². The molecule has 3 N–H and O–H groups in total. The fourth-order valence-corrected chi connectivity index (χ4v) is 3.43. The van der Waals surface area contributed by atoms with Gasteiger partial charge in [-0.15, -0.1) is 11.3 Å². The Bertz CT molecular complexity index is 561. The number of nitrogens with zero attached hydrogens (tertiary/aromatic N) is 2. The summed E-state index contributed by atoms with van der Waals surface area (Å²) in [7, 11) is 0. The van der Waals surface area contributed by atoms with Crippen LogP contribution < -0.4 is 11.3 Å². The summed E-state index contributed by atoms with van der Waals surface area (Å²) in [6.07, 6.45) is 0.741. The van der Waals surface area contributed by atoms with Crippen LogP contribution in [0, 0.1) is 13.8 Å². The first-order valence-corrected chi connectivity index (χ1v) is 7.56. The van der Waals surface area contributed by atoms with Crippen molar-refractivity contribution >= 4 is 22.9 Å². The number of aromatic nitrogens is 2. The molecule has 0 aliphatic carbocycles. The summed E-state index contributed by atoms with van der Waals surface area (Å²) in [6, 6.07) is 2.17. The van der Waals surface area contributed by atoms with Crippen molar-refractivity contribution in [2.24, 2.45) is 5.84 Å². The lowest BCUT2D eigenvalue weighted by Gasteiger charge is -2.16. The number of nitrogens with two attached hydrogens (primary N) is 1. The molecule has 2 aromatic rings. The highest BCUT2D eigenvalue weighted by Gasteiger charge is 2.20. The lowest BCUT2D eigenvalue weighted by Crippen LogP contribution is -2.30. The van der Waals surface area contributed by atoms with Crippen molar-refractivity contribution in [1.82, 2.24) is 15.2 Å². The van der Waals surface area contributed by atoms with Gasteiger partial charge in [0.25, 0.3) is 0 Å². The normalized spacial score (nSPS) is 12.9. The van der Waals surface area contributed by atoms with E-state index in [4.69, 9.17) is 17.4 Å². The number of nitrogens with one attached hydrogen (secondary N) is 1. The van der Waals surface area contributed by atoms with Crippen LogP contribution in [0.3, 0.4) is 0 Å². The average Bonchev–Trinajstić information content (AvgIpc) is 2.93. The molecule has 0 bridgehead atoms. The molecular formula is C13H19ClN4S. The van der Waals surface area contributed by atoms with Crippen LogP contribution in [0.2, 0.25) is 5.02 Å². The molecular weight excluding hydrogens is 280 g/mol. The molecule has 0 spiro atoms. The highest BCUT2D eigenvalue weighted by molar-refractivity contribution is 7.10. The Balaban J connectivity index is 2.31. The van der Waals surface area contributed by atoms with Gasteiger partial charge in [0, 0.05) is 17.8 Å². The molecule has 6 heteroatoms. The van der Waals surface area contributed by atoms with Gasteiger partial charge in [0.05, 0.1) is 22.5 Å². The van der Waals surface area contributed by atoms with Crippen molar-refractivity contribution in [3.63, 3.8) is 0 Å². The van der Waals surface area contributed by atoms with E-state index in [1.165, 1.54) is 10.4 Å². The van der Waals surface area contributed by atoms with Crippen LogP contribution in [0.15, 0.2) is 11.4 Å². The van der Waals surface area contributed by atoms with Crippen LogP contribution in [0.5, 0.6) is 0 Å². The van der Waals surface area contributed by atoms with Gasteiger partial charge in [0.1, 0.15) is 0 Å².